The number of benzene rings is 1. The molecular formula is C18H23NO4S. The first kappa shape index (κ1) is 17.0. The predicted molar refractivity (Wildman–Crippen MR) is 93.5 cm³/mol. The van der Waals surface area contributed by atoms with Crippen LogP contribution >= 0.6 is 0 Å². The standard InChI is InChI=1S/C18H23NO4S/c1-14-5-2-3-6-16(14)13-23-18(20)15-7-9-17(10-8-15)19-11-4-12-24(19,21)22/h2-3,7-10,14,16H,4-6,11-13H2,1H3. The minimum Gasteiger partial charge on any atom is -0.462 e. The Balaban J connectivity index is 1.61. The van der Waals surface area contributed by atoms with Gasteiger partial charge < -0.3 is 4.74 Å². The van der Waals surface area contributed by atoms with Crippen molar-refractivity contribution in [2.75, 3.05) is 23.2 Å². The van der Waals surface area contributed by atoms with E-state index in [1.54, 1.807) is 24.3 Å². The van der Waals surface area contributed by atoms with Gasteiger partial charge in [-0.2, -0.15) is 0 Å². The van der Waals surface area contributed by atoms with E-state index in [0.717, 1.165) is 12.8 Å². The summed E-state index contributed by atoms with van der Waals surface area (Å²) < 4.78 is 30.7. The average molecular weight is 349 g/mol. The van der Waals surface area contributed by atoms with Crippen LogP contribution in [0, 0.1) is 11.8 Å². The summed E-state index contributed by atoms with van der Waals surface area (Å²) in [5.41, 5.74) is 1.06. The third-order valence-corrected chi connectivity index (χ3v) is 6.71. The van der Waals surface area contributed by atoms with Gasteiger partial charge in [0, 0.05) is 6.54 Å². The maximum Gasteiger partial charge on any atom is 0.338 e. The number of hydrogen-bond donors (Lipinski definition) is 0. The number of nitrogens with zero attached hydrogens (tertiary/aromatic N) is 1. The zero-order valence-electron chi connectivity index (χ0n) is 13.8. The van der Waals surface area contributed by atoms with Crippen molar-refractivity contribution in [2.45, 2.75) is 26.2 Å². The average Bonchev–Trinajstić information content (AvgIpc) is 2.93. The van der Waals surface area contributed by atoms with Gasteiger partial charge in [-0.05, 0) is 55.4 Å². The summed E-state index contributed by atoms with van der Waals surface area (Å²) in [6.45, 7) is 3.10. The molecule has 1 aliphatic heterocycles. The van der Waals surface area contributed by atoms with Crippen LogP contribution in [0.1, 0.15) is 36.5 Å². The molecule has 6 heteroatoms. The summed E-state index contributed by atoms with van der Waals surface area (Å²) in [6.07, 6.45) is 6.93. The van der Waals surface area contributed by atoms with Gasteiger partial charge in [0.2, 0.25) is 10.0 Å². The monoisotopic (exact) mass is 349 g/mol. The number of allylic oxidation sites excluding steroid dienone is 2. The Bertz CT molecular complexity index is 724. The van der Waals surface area contributed by atoms with Gasteiger partial charge in [-0.25, -0.2) is 13.2 Å². The fourth-order valence-corrected chi connectivity index (χ4v) is 4.76. The molecule has 0 N–H and O–H groups in total. The lowest BCUT2D eigenvalue weighted by Crippen LogP contribution is -2.25. The molecule has 5 nitrogen and oxygen atoms in total. The molecular weight excluding hydrogens is 326 g/mol. The number of esters is 1. The van der Waals surface area contributed by atoms with Gasteiger partial charge >= 0.3 is 5.97 Å². The van der Waals surface area contributed by atoms with Gasteiger partial charge in [-0.1, -0.05) is 19.1 Å². The SMILES string of the molecule is CC1CC=CCC1COC(=O)c1ccc(N2CCCS2(=O)=O)cc1. The van der Waals surface area contributed by atoms with Gasteiger partial charge in [0.15, 0.2) is 0 Å². The van der Waals surface area contributed by atoms with Crippen molar-refractivity contribution < 1.29 is 17.9 Å². The highest BCUT2D eigenvalue weighted by atomic mass is 32.2. The highest BCUT2D eigenvalue weighted by molar-refractivity contribution is 7.93. The first-order chi connectivity index (χ1) is 11.5. The number of hydrogen-bond acceptors (Lipinski definition) is 4. The van der Waals surface area contributed by atoms with Crippen LogP contribution in [0.5, 0.6) is 0 Å². The van der Waals surface area contributed by atoms with E-state index >= 15 is 0 Å². The molecule has 1 aromatic carbocycles. The molecule has 24 heavy (non-hydrogen) atoms. The van der Waals surface area contributed by atoms with Gasteiger partial charge in [-0.3, -0.25) is 4.31 Å². The number of sulfonamides is 1. The summed E-state index contributed by atoms with van der Waals surface area (Å²) >= 11 is 0. The van der Waals surface area contributed by atoms with Crippen molar-refractivity contribution in [1.82, 2.24) is 0 Å². The van der Waals surface area contributed by atoms with E-state index in [9.17, 15) is 13.2 Å². The predicted octanol–water partition coefficient (Wildman–Crippen LogP) is 2.99. The zero-order chi connectivity index (χ0) is 17.2. The van der Waals surface area contributed by atoms with Crippen molar-refractivity contribution >= 4 is 21.7 Å². The largest absolute Gasteiger partial charge is 0.462 e. The Morgan fingerprint density at radius 2 is 1.92 bits per heavy atom. The van der Waals surface area contributed by atoms with Crippen LogP contribution in [0.25, 0.3) is 0 Å². The Morgan fingerprint density at radius 1 is 1.21 bits per heavy atom. The Morgan fingerprint density at radius 3 is 2.54 bits per heavy atom. The highest BCUT2D eigenvalue weighted by Crippen LogP contribution is 2.26. The van der Waals surface area contributed by atoms with E-state index in [-0.39, 0.29) is 11.7 Å². The molecule has 3 rings (SSSR count). The van der Waals surface area contributed by atoms with Crippen LogP contribution in [0.4, 0.5) is 5.69 Å². The number of anilines is 1. The molecule has 2 aliphatic rings. The van der Waals surface area contributed by atoms with Gasteiger partial charge in [-0.15, -0.1) is 0 Å². The molecule has 0 aromatic heterocycles. The van der Waals surface area contributed by atoms with Crippen molar-refractivity contribution in [3.8, 4) is 0 Å². The third-order valence-electron chi connectivity index (χ3n) is 4.84. The number of rotatable bonds is 4. The van der Waals surface area contributed by atoms with E-state index in [1.807, 2.05) is 0 Å². The quantitative estimate of drug-likeness (QED) is 0.619. The van der Waals surface area contributed by atoms with E-state index in [0.29, 0.717) is 42.7 Å². The minimum atomic E-state index is -3.19. The van der Waals surface area contributed by atoms with E-state index in [2.05, 4.69) is 19.1 Å². The summed E-state index contributed by atoms with van der Waals surface area (Å²) in [5, 5.41) is 0. The molecule has 1 saturated heterocycles. The minimum absolute atomic E-state index is 0.185. The first-order valence-corrected chi connectivity index (χ1v) is 10.0. The molecule has 0 bridgehead atoms. The Labute approximate surface area is 143 Å². The maximum atomic E-state index is 12.2. The first-order valence-electron chi connectivity index (χ1n) is 8.40. The van der Waals surface area contributed by atoms with Crippen molar-refractivity contribution in [3.05, 3.63) is 42.0 Å². The lowest BCUT2D eigenvalue weighted by Gasteiger charge is -2.24. The summed E-state index contributed by atoms with van der Waals surface area (Å²) in [5.74, 6) is 0.719. The van der Waals surface area contributed by atoms with Gasteiger partial charge in [0.25, 0.3) is 0 Å². The number of ether oxygens (including phenoxy) is 1. The smallest absolute Gasteiger partial charge is 0.338 e. The fourth-order valence-electron chi connectivity index (χ4n) is 3.20. The van der Waals surface area contributed by atoms with E-state index < -0.39 is 10.0 Å². The topological polar surface area (TPSA) is 63.7 Å². The number of carbonyl (C=O) groups excluding carboxylic acids is 1. The molecule has 1 aliphatic carbocycles. The molecule has 130 valence electrons. The molecule has 2 atom stereocenters. The lowest BCUT2D eigenvalue weighted by atomic mass is 9.85. The normalized spacial score (nSPS) is 25.6. The van der Waals surface area contributed by atoms with E-state index in [4.69, 9.17) is 4.74 Å². The number of carbonyl (C=O) groups is 1. The molecule has 0 radical (unpaired) electrons. The van der Waals surface area contributed by atoms with Crippen LogP contribution in [0.3, 0.4) is 0 Å². The molecule has 1 aromatic rings. The Hall–Kier alpha value is -1.82. The highest BCUT2D eigenvalue weighted by Gasteiger charge is 2.28. The molecule has 1 fully saturated rings. The second-order valence-electron chi connectivity index (χ2n) is 6.57. The van der Waals surface area contributed by atoms with Crippen molar-refractivity contribution in [3.63, 3.8) is 0 Å². The molecule has 1 heterocycles. The molecule has 0 amide bonds. The van der Waals surface area contributed by atoms with Crippen LogP contribution in [0.15, 0.2) is 36.4 Å². The van der Waals surface area contributed by atoms with Crippen LogP contribution < -0.4 is 4.31 Å². The summed E-state index contributed by atoms with van der Waals surface area (Å²) in [7, 11) is -3.19. The zero-order valence-corrected chi connectivity index (χ0v) is 14.7. The maximum absolute atomic E-state index is 12.2. The fraction of sp³-hybridized carbons (Fsp3) is 0.500. The lowest BCUT2D eigenvalue weighted by molar-refractivity contribution is 0.0395. The second kappa shape index (κ2) is 6.97. The van der Waals surface area contributed by atoms with Gasteiger partial charge in [0.05, 0.1) is 23.6 Å². The Kier molecular flexibility index (Phi) is 4.94. The van der Waals surface area contributed by atoms with Crippen LogP contribution in [-0.4, -0.2) is 33.3 Å². The molecule has 0 spiro atoms. The molecule has 2 unspecified atom stereocenters. The summed E-state index contributed by atoms with van der Waals surface area (Å²) in [4.78, 5) is 12.2. The second-order valence-corrected chi connectivity index (χ2v) is 8.58. The molecule has 0 saturated carbocycles. The van der Waals surface area contributed by atoms with Crippen molar-refractivity contribution in [1.29, 1.82) is 0 Å². The van der Waals surface area contributed by atoms with Crippen LogP contribution in [-0.2, 0) is 14.8 Å². The van der Waals surface area contributed by atoms with Crippen LogP contribution in [0.2, 0.25) is 0 Å². The third kappa shape index (κ3) is 3.64. The van der Waals surface area contributed by atoms with E-state index in [1.165, 1.54) is 4.31 Å². The van der Waals surface area contributed by atoms with Crippen molar-refractivity contribution in [2.24, 2.45) is 11.8 Å². The van der Waals surface area contributed by atoms with Gasteiger partial charge in [0.1, 0.15) is 0 Å². The summed E-state index contributed by atoms with van der Waals surface area (Å²) in [6, 6.07) is 6.61.